The number of aliphatic hydroxyl groups is 1. The summed E-state index contributed by atoms with van der Waals surface area (Å²) in [5, 5.41) is 11.6. The topological polar surface area (TPSA) is 82.1 Å². The van der Waals surface area contributed by atoms with Crippen molar-refractivity contribution in [1.82, 2.24) is 0 Å². The highest BCUT2D eigenvalue weighted by atomic mass is 16.7. The summed E-state index contributed by atoms with van der Waals surface area (Å²) in [4.78, 5) is 25.4. The molecule has 0 aromatic rings. The van der Waals surface area contributed by atoms with Gasteiger partial charge in [-0.25, -0.2) is 0 Å². The number of rotatable bonds is 2. The van der Waals surface area contributed by atoms with Gasteiger partial charge in [-0.2, -0.15) is 0 Å². The third-order valence-corrected chi connectivity index (χ3v) is 6.87. The zero-order chi connectivity index (χ0) is 17.8. The summed E-state index contributed by atoms with van der Waals surface area (Å²) in [5.74, 6) is -3.12. The highest BCUT2D eigenvalue weighted by Crippen LogP contribution is 2.60. The van der Waals surface area contributed by atoms with Crippen LogP contribution in [0.2, 0.25) is 0 Å². The zero-order valence-electron chi connectivity index (χ0n) is 15.0. The van der Waals surface area contributed by atoms with Crippen LogP contribution in [0.1, 0.15) is 46.5 Å². The van der Waals surface area contributed by atoms with Gasteiger partial charge in [0, 0.05) is 17.8 Å². The van der Waals surface area contributed by atoms with Crippen LogP contribution in [0.25, 0.3) is 0 Å². The molecule has 2 saturated carbocycles. The minimum atomic E-state index is -1.56. The fraction of sp³-hybridized carbons (Fsp3) is 0.889. The van der Waals surface area contributed by atoms with E-state index in [1.807, 2.05) is 6.92 Å². The Morgan fingerprint density at radius 1 is 1.29 bits per heavy atom. The van der Waals surface area contributed by atoms with Crippen molar-refractivity contribution < 1.29 is 28.9 Å². The number of ketones is 1. The number of esters is 1. The maximum Gasteiger partial charge on any atom is 0.308 e. The Morgan fingerprint density at radius 2 is 1.92 bits per heavy atom. The number of hydrogen-bond acceptors (Lipinski definition) is 6. The molecule has 24 heavy (non-hydrogen) atoms. The molecule has 0 aromatic heterocycles. The first-order chi connectivity index (χ1) is 11.2. The summed E-state index contributed by atoms with van der Waals surface area (Å²) in [5.41, 5.74) is -2.14. The first-order valence-electron chi connectivity index (χ1n) is 8.84. The normalized spacial score (nSPS) is 42.6. The van der Waals surface area contributed by atoms with Gasteiger partial charge in [-0.1, -0.05) is 20.8 Å². The van der Waals surface area contributed by atoms with Crippen molar-refractivity contribution in [2.45, 2.75) is 57.8 Å². The van der Waals surface area contributed by atoms with Crippen molar-refractivity contribution in [2.24, 2.45) is 23.2 Å². The quantitative estimate of drug-likeness (QED) is 0.770. The fourth-order valence-electron chi connectivity index (χ4n) is 5.14. The Balaban J connectivity index is 2.01. The van der Waals surface area contributed by atoms with Gasteiger partial charge in [-0.15, -0.1) is 0 Å². The van der Waals surface area contributed by atoms with Gasteiger partial charge in [0.25, 0.3) is 0 Å². The van der Waals surface area contributed by atoms with Crippen molar-refractivity contribution >= 4 is 11.8 Å². The molecule has 136 valence electrons. The summed E-state index contributed by atoms with van der Waals surface area (Å²) in [6.07, 6.45) is 2.54. The molecule has 6 nitrogen and oxygen atoms in total. The maximum absolute atomic E-state index is 13.4. The lowest BCUT2D eigenvalue weighted by Gasteiger charge is -2.42. The molecular formula is C18H28O6. The first-order valence-corrected chi connectivity index (χ1v) is 8.84. The van der Waals surface area contributed by atoms with E-state index in [0.717, 1.165) is 0 Å². The number of carbonyl (C=O) groups is 2. The molecule has 3 aliphatic rings. The molecule has 3 fully saturated rings. The summed E-state index contributed by atoms with van der Waals surface area (Å²) < 4.78 is 16.5. The molecule has 0 aromatic carbocycles. The van der Waals surface area contributed by atoms with E-state index in [-0.39, 0.29) is 11.8 Å². The van der Waals surface area contributed by atoms with E-state index in [4.69, 9.17) is 14.2 Å². The average Bonchev–Trinajstić information content (AvgIpc) is 3.14. The molecule has 0 radical (unpaired) electrons. The molecule has 6 heteroatoms. The highest BCUT2D eigenvalue weighted by molar-refractivity contribution is 5.92. The first kappa shape index (κ1) is 17.8. The molecule has 1 spiro atoms. The Kier molecular flexibility index (Phi) is 4.30. The molecule has 2 unspecified atom stereocenters. The maximum atomic E-state index is 13.4. The van der Waals surface area contributed by atoms with Crippen LogP contribution in [0.3, 0.4) is 0 Å². The van der Waals surface area contributed by atoms with Gasteiger partial charge in [0.15, 0.2) is 11.6 Å². The average molecular weight is 340 g/mol. The number of carbonyl (C=O) groups excluding carboxylic acids is 2. The van der Waals surface area contributed by atoms with Crippen LogP contribution in [0.4, 0.5) is 0 Å². The summed E-state index contributed by atoms with van der Waals surface area (Å²) in [6.45, 7) is 6.40. The van der Waals surface area contributed by atoms with E-state index in [2.05, 4.69) is 0 Å². The van der Waals surface area contributed by atoms with Gasteiger partial charge in [-0.3, -0.25) is 9.59 Å². The van der Waals surface area contributed by atoms with E-state index in [9.17, 15) is 14.7 Å². The molecule has 0 amide bonds. The van der Waals surface area contributed by atoms with Gasteiger partial charge in [0.2, 0.25) is 0 Å². The largest absolute Gasteiger partial charge is 0.469 e. The van der Waals surface area contributed by atoms with Crippen LogP contribution < -0.4 is 0 Å². The predicted octanol–water partition coefficient (Wildman–Crippen LogP) is 1.68. The van der Waals surface area contributed by atoms with Gasteiger partial charge in [-0.05, 0) is 19.3 Å². The van der Waals surface area contributed by atoms with Crippen LogP contribution >= 0.6 is 0 Å². The minimum absolute atomic E-state index is 0.261. The lowest BCUT2D eigenvalue weighted by atomic mass is 9.65. The number of ether oxygens (including phenoxy) is 3. The van der Waals surface area contributed by atoms with E-state index >= 15 is 0 Å². The molecule has 5 atom stereocenters. The minimum Gasteiger partial charge on any atom is -0.469 e. The van der Waals surface area contributed by atoms with Crippen LogP contribution in [-0.2, 0) is 23.8 Å². The lowest BCUT2D eigenvalue weighted by molar-refractivity contribution is -0.200. The third kappa shape index (κ3) is 2.19. The van der Waals surface area contributed by atoms with E-state index in [1.54, 1.807) is 13.8 Å². The monoisotopic (exact) mass is 340 g/mol. The van der Waals surface area contributed by atoms with Gasteiger partial charge < -0.3 is 19.3 Å². The van der Waals surface area contributed by atoms with E-state index in [0.29, 0.717) is 38.9 Å². The molecule has 1 heterocycles. The second kappa shape index (κ2) is 5.78. The van der Waals surface area contributed by atoms with Crippen LogP contribution in [-0.4, -0.2) is 48.6 Å². The van der Waals surface area contributed by atoms with Gasteiger partial charge >= 0.3 is 5.97 Å². The summed E-state index contributed by atoms with van der Waals surface area (Å²) in [7, 11) is 1.34. The van der Waals surface area contributed by atoms with Crippen LogP contribution in [0.5, 0.6) is 0 Å². The molecule has 3 rings (SSSR count). The molecule has 1 aliphatic heterocycles. The van der Waals surface area contributed by atoms with Gasteiger partial charge in [0.05, 0.1) is 32.2 Å². The number of Topliss-reactive ketones (excluding diaryl/α,β-unsaturated/α-hetero) is 1. The molecule has 2 aliphatic carbocycles. The SMILES string of the molecule is COC(=O)[C@@H](C)C1CC[C@@]2(C)CCC3(OCCO3)[C@H](C)C(=O)C12O. The Bertz CT molecular complexity index is 540. The molecule has 1 saturated heterocycles. The van der Waals surface area contributed by atoms with Crippen molar-refractivity contribution in [1.29, 1.82) is 0 Å². The zero-order valence-corrected chi connectivity index (χ0v) is 15.0. The van der Waals surface area contributed by atoms with Crippen molar-refractivity contribution in [3.8, 4) is 0 Å². The highest BCUT2D eigenvalue weighted by Gasteiger charge is 2.68. The second-order valence-corrected chi connectivity index (χ2v) is 7.88. The summed E-state index contributed by atoms with van der Waals surface area (Å²) in [6, 6.07) is 0. The standard InChI is InChI=1S/C18H28O6/c1-11(15(20)22-4)13-5-6-16(3)7-8-17(23-9-10-24-17)12(2)14(19)18(13,16)21/h11-13,21H,5-10H2,1-4H3/t11-,12+,13?,16-,18?/m0/s1. The Labute approximate surface area is 142 Å². The van der Waals surface area contributed by atoms with Gasteiger partial charge in [0.1, 0.15) is 5.60 Å². The Hall–Kier alpha value is -0.980. The second-order valence-electron chi connectivity index (χ2n) is 7.88. The molecule has 1 N–H and O–H groups in total. The van der Waals surface area contributed by atoms with Crippen molar-refractivity contribution in [3.63, 3.8) is 0 Å². The summed E-state index contributed by atoms with van der Waals surface area (Å²) >= 11 is 0. The van der Waals surface area contributed by atoms with E-state index < -0.39 is 34.6 Å². The third-order valence-electron chi connectivity index (χ3n) is 6.87. The number of methoxy groups -OCH3 is 1. The van der Waals surface area contributed by atoms with Crippen LogP contribution in [0, 0.1) is 23.2 Å². The number of fused-ring (bicyclic) bond motifs is 1. The fourth-order valence-corrected chi connectivity index (χ4v) is 5.14. The van der Waals surface area contributed by atoms with Crippen LogP contribution in [0.15, 0.2) is 0 Å². The smallest absolute Gasteiger partial charge is 0.308 e. The van der Waals surface area contributed by atoms with Crippen molar-refractivity contribution in [3.05, 3.63) is 0 Å². The molecular weight excluding hydrogens is 312 g/mol. The number of hydrogen-bond donors (Lipinski definition) is 1. The lowest BCUT2D eigenvalue weighted by Crippen LogP contribution is -2.57. The van der Waals surface area contributed by atoms with Crippen molar-refractivity contribution in [2.75, 3.05) is 20.3 Å². The predicted molar refractivity (Wildman–Crippen MR) is 85.0 cm³/mol. The Morgan fingerprint density at radius 3 is 2.50 bits per heavy atom. The van der Waals surface area contributed by atoms with E-state index in [1.165, 1.54) is 7.11 Å². The molecule has 0 bridgehead atoms.